The maximum Gasteiger partial charge on any atom is 0.225 e. The highest BCUT2D eigenvalue weighted by atomic mass is 16.6. The molecule has 1 saturated carbocycles. The number of ether oxygens (including phenoxy) is 2. The molecule has 2 heterocycles. The first-order chi connectivity index (χ1) is 12.3. The van der Waals surface area contributed by atoms with E-state index in [0.717, 1.165) is 30.0 Å². The van der Waals surface area contributed by atoms with Gasteiger partial charge in [0, 0.05) is 23.9 Å². The van der Waals surface area contributed by atoms with Gasteiger partial charge in [-0.3, -0.25) is 4.79 Å². The zero-order chi connectivity index (χ0) is 17.1. The van der Waals surface area contributed by atoms with Gasteiger partial charge in [0.1, 0.15) is 13.2 Å². The Morgan fingerprint density at radius 1 is 1.12 bits per heavy atom. The van der Waals surface area contributed by atoms with Gasteiger partial charge < -0.3 is 19.8 Å². The Morgan fingerprint density at radius 2 is 1.92 bits per heavy atom. The van der Waals surface area contributed by atoms with Crippen LogP contribution in [0.3, 0.4) is 0 Å². The standard InChI is InChI=1S/C20H24N2O3/c23-19(13-16-4-3-9-21-16)22-14-20(7-1-2-8-20)15-5-6-17-18(12-15)25-11-10-24-17/h3-6,9,12,21H,1-2,7-8,10-11,13-14H2,(H,22,23). The van der Waals surface area contributed by atoms with Crippen LogP contribution >= 0.6 is 0 Å². The van der Waals surface area contributed by atoms with E-state index in [-0.39, 0.29) is 11.3 Å². The van der Waals surface area contributed by atoms with E-state index in [1.54, 1.807) is 0 Å². The molecule has 1 aliphatic carbocycles. The lowest BCUT2D eigenvalue weighted by Gasteiger charge is -2.31. The van der Waals surface area contributed by atoms with E-state index >= 15 is 0 Å². The monoisotopic (exact) mass is 340 g/mol. The number of amides is 1. The minimum atomic E-state index is 0.00122. The molecule has 5 heteroatoms. The van der Waals surface area contributed by atoms with E-state index in [9.17, 15) is 4.79 Å². The maximum absolute atomic E-state index is 12.3. The van der Waals surface area contributed by atoms with Gasteiger partial charge in [-0.1, -0.05) is 18.9 Å². The highest BCUT2D eigenvalue weighted by Gasteiger charge is 2.36. The second-order valence-electron chi connectivity index (χ2n) is 6.99. The van der Waals surface area contributed by atoms with Gasteiger partial charge in [-0.15, -0.1) is 0 Å². The first-order valence-corrected chi connectivity index (χ1v) is 9.04. The molecule has 2 aromatic rings. The van der Waals surface area contributed by atoms with Crippen molar-refractivity contribution in [3.8, 4) is 11.5 Å². The topological polar surface area (TPSA) is 63.4 Å². The van der Waals surface area contributed by atoms with Crippen molar-refractivity contribution in [2.75, 3.05) is 19.8 Å². The summed E-state index contributed by atoms with van der Waals surface area (Å²) < 4.78 is 11.4. The van der Waals surface area contributed by atoms with Gasteiger partial charge in [-0.25, -0.2) is 0 Å². The number of H-pyrrole nitrogens is 1. The molecule has 2 aliphatic rings. The van der Waals surface area contributed by atoms with E-state index in [1.807, 2.05) is 24.4 Å². The molecule has 4 rings (SSSR count). The van der Waals surface area contributed by atoms with Gasteiger partial charge in [-0.2, -0.15) is 0 Å². The third kappa shape index (κ3) is 3.36. The highest BCUT2D eigenvalue weighted by Crippen LogP contribution is 2.43. The third-order valence-corrected chi connectivity index (χ3v) is 5.35. The predicted molar refractivity (Wildman–Crippen MR) is 95.1 cm³/mol. The van der Waals surface area contributed by atoms with Crippen LogP contribution in [0.4, 0.5) is 0 Å². The Kier molecular flexibility index (Phi) is 4.38. The summed E-state index contributed by atoms with van der Waals surface area (Å²) >= 11 is 0. The quantitative estimate of drug-likeness (QED) is 0.880. The lowest BCUT2D eigenvalue weighted by molar-refractivity contribution is -0.120. The smallest absolute Gasteiger partial charge is 0.225 e. The largest absolute Gasteiger partial charge is 0.486 e. The zero-order valence-corrected chi connectivity index (χ0v) is 14.3. The van der Waals surface area contributed by atoms with Crippen LogP contribution < -0.4 is 14.8 Å². The molecule has 25 heavy (non-hydrogen) atoms. The summed E-state index contributed by atoms with van der Waals surface area (Å²) in [5.41, 5.74) is 2.19. The number of fused-ring (bicyclic) bond motifs is 1. The van der Waals surface area contributed by atoms with Crippen molar-refractivity contribution in [1.29, 1.82) is 0 Å². The predicted octanol–water partition coefficient (Wildman–Crippen LogP) is 2.96. The summed E-state index contributed by atoms with van der Waals surface area (Å²) in [6, 6.07) is 10.1. The molecule has 2 N–H and O–H groups in total. The van der Waals surface area contributed by atoms with Crippen molar-refractivity contribution in [2.24, 2.45) is 0 Å². The van der Waals surface area contributed by atoms with E-state index in [0.29, 0.717) is 26.2 Å². The fraction of sp³-hybridized carbons (Fsp3) is 0.450. The molecule has 132 valence electrons. The number of carbonyl (C=O) groups is 1. The molecule has 0 saturated heterocycles. The average Bonchev–Trinajstić information content (AvgIpc) is 3.32. The van der Waals surface area contributed by atoms with Crippen LogP contribution in [0.2, 0.25) is 0 Å². The molecule has 5 nitrogen and oxygen atoms in total. The van der Waals surface area contributed by atoms with Crippen LogP contribution in [0, 0.1) is 0 Å². The van der Waals surface area contributed by atoms with Crippen molar-refractivity contribution < 1.29 is 14.3 Å². The van der Waals surface area contributed by atoms with E-state index in [4.69, 9.17) is 9.47 Å². The van der Waals surface area contributed by atoms with Crippen LogP contribution in [-0.4, -0.2) is 30.6 Å². The zero-order valence-electron chi connectivity index (χ0n) is 14.3. The minimum Gasteiger partial charge on any atom is -0.486 e. The summed E-state index contributed by atoms with van der Waals surface area (Å²) in [4.78, 5) is 15.4. The number of carbonyl (C=O) groups excluding carboxylic acids is 1. The lowest BCUT2D eigenvalue weighted by Crippen LogP contribution is -2.39. The molecule has 0 spiro atoms. The van der Waals surface area contributed by atoms with Crippen molar-refractivity contribution >= 4 is 5.91 Å². The average molecular weight is 340 g/mol. The third-order valence-electron chi connectivity index (χ3n) is 5.35. The molecule has 0 radical (unpaired) electrons. The Balaban J connectivity index is 1.49. The van der Waals surface area contributed by atoms with Crippen molar-refractivity contribution in [3.05, 3.63) is 47.8 Å². The molecule has 0 atom stereocenters. The Bertz CT molecular complexity index is 733. The first kappa shape index (κ1) is 16.1. The molecular formula is C20H24N2O3. The van der Waals surface area contributed by atoms with E-state index < -0.39 is 0 Å². The number of aromatic nitrogens is 1. The normalized spacial score (nSPS) is 18.1. The van der Waals surface area contributed by atoms with Gasteiger partial charge in [-0.05, 0) is 42.7 Å². The van der Waals surface area contributed by atoms with E-state index in [2.05, 4.69) is 22.4 Å². The molecule has 0 bridgehead atoms. The highest BCUT2D eigenvalue weighted by molar-refractivity contribution is 5.78. The second kappa shape index (κ2) is 6.82. The van der Waals surface area contributed by atoms with Crippen molar-refractivity contribution in [2.45, 2.75) is 37.5 Å². The van der Waals surface area contributed by atoms with Crippen LogP contribution in [0.15, 0.2) is 36.5 Å². The SMILES string of the molecule is O=C(Cc1ccc[nH]1)NCC1(c2ccc3c(c2)OCCO3)CCCC1. The molecule has 0 unspecified atom stereocenters. The summed E-state index contributed by atoms with van der Waals surface area (Å²) in [7, 11) is 0. The fourth-order valence-corrected chi connectivity index (χ4v) is 3.97. The molecule has 1 amide bonds. The maximum atomic E-state index is 12.3. The Morgan fingerprint density at radius 3 is 2.68 bits per heavy atom. The lowest BCUT2D eigenvalue weighted by atomic mass is 9.78. The van der Waals surface area contributed by atoms with Gasteiger partial charge in [0.2, 0.25) is 5.91 Å². The number of aromatic amines is 1. The number of benzene rings is 1. The molecule has 1 fully saturated rings. The van der Waals surface area contributed by atoms with Crippen molar-refractivity contribution in [1.82, 2.24) is 10.3 Å². The van der Waals surface area contributed by atoms with Crippen LogP contribution in [0.1, 0.15) is 36.9 Å². The van der Waals surface area contributed by atoms with Crippen LogP contribution in [0.25, 0.3) is 0 Å². The number of hydrogen-bond donors (Lipinski definition) is 2. The van der Waals surface area contributed by atoms with E-state index in [1.165, 1.54) is 18.4 Å². The molecule has 1 aromatic carbocycles. The number of rotatable bonds is 5. The molecule has 1 aliphatic heterocycles. The number of nitrogens with one attached hydrogen (secondary N) is 2. The Hall–Kier alpha value is -2.43. The van der Waals surface area contributed by atoms with Crippen LogP contribution in [0.5, 0.6) is 11.5 Å². The van der Waals surface area contributed by atoms with Gasteiger partial charge >= 0.3 is 0 Å². The van der Waals surface area contributed by atoms with Crippen molar-refractivity contribution in [3.63, 3.8) is 0 Å². The number of hydrogen-bond acceptors (Lipinski definition) is 3. The molecule has 1 aromatic heterocycles. The molecular weight excluding hydrogens is 316 g/mol. The van der Waals surface area contributed by atoms with Gasteiger partial charge in [0.05, 0.1) is 6.42 Å². The van der Waals surface area contributed by atoms with Gasteiger partial charge in [0.25, 0.3) is 0 Å². The summed E-state index contributed by atoms with van der Waals surface area (Å²) in [6.07, 6.45) is 6.81. The summed E-state index contributed by atoms with van der Waals surface area (Å²) in [5, 5.41) is 3.15. The van der Waals surface area contributed by atoms with Gasteiger partial charge in [0.15, 0.2) is 11.5 Å². The Labute approximate surface area is 147 Å². The first-order valence-electron chi connectivity index (χ1n) is 9.04. The summed E-state index contributed by atoms with van der Waals surface area (Å²) in [5.74, 6) is 1.71. The fourth-order valence-electron chi connectivity index (χ4n) is 3.97. The second-order valence-corrected chi connectivity index (χ2v) is 6.99. The summed E-state index contributed by atoms with van der Waals surface area (Å²) in [6.45, 7) is 1.87. The minimum absolute atomic E-state index is 0.00122. The van der Waals surface area contributed by atoms with Crippen LogP contribution in [-0.2, 0) is 16.6 Å².